The number of halogens is 1. The summed E-state index contributed by atoms with van der Waals surface area (Å²) in [6.45, 7) is 0. The van der Waals surface area contributed by atoms with Crippen LogP contribution in [0.25, 0.3) is 28.6 Å². The SMILES string of the molecule is O=C(/C=C/c1ccccc1)Nc1ccc2nc(-c3ccccc3Cl)oc2c1. The Balaban J connectivity index is 1.54. The summed E-state index contributed by atoms with van der Waals surface area (Å²) < 4.78 is 5.82. The van der Waals surface area contributed by atoms with Crippen molar-refractivity contribution in [3.63, 3.8) is 0 Å². The molecule has 4 nitrogen and oxygen atoms in total. The van der Waals surface area contributed by atoms with Crippen LogP contribution < -0.4 is 5.32 Å². The average Bonchev–Trinajstić information content (AvgIpc) is 3.10. The van der Waals surface area contributed by atoms with Gasteiger partial charge in [-0.15, -0.1) is 0 Å². The van der Waals surface area contributed by atoms with E-state index in [-0.39, 0.29) is 5.91 Å². The summed E-state index contributed by atoms with van der Waals surface area (Å²) in [4.78, 5) is 16.6. The van der Waals surface area contributed by atoms with E-state index in [2.05, 4.69) is 10.3 Å². The highest BCUT2D eigenvalue weighted by atomic mass is 35.5. The van der Waals surface area contributed by atoms with Crippen molar-refractivity contribution in [1.29, 1.82) is 0 Å². The van der Waals surface area contributed by atoms with Gasteiger partial charge in [-0.1, -0.05) is 54.1 Å². The fourth-order valence-corrected chi connectivity index (χ4v) is 2.89. The second-order valence-electron chi connectivity index (χ2n) is 5.91. The lowest BCUT2D eigenvalue weighted by Gasteiger charge is -2.01. The van der Waals surface area contributed by atoms with Gasteiger partial charge in [-0.25, -0.2) is 4.98 Å². The number of aromatic nitrogens is 1. The fourth-order valence-electron chi connectivity index (χ4n) is 2.67. The Hall–Kier alpha value is -3.37. The minimum atomic E-state index is -0.218. The zero-order valence-electron chi connectivity index (χ0n) is 14.2. The maximum absolute atomic E-state index is 12.1. The largest absolute Gasteiger partial charge is 0.436 e. The van der Waals surface area contributed by atoms with Crippen LogP contribution in [-0.2, 0) is 4.79 Å². The Bertz CT molecular complexity index is 1130. The quantitative estimate of drug-likeness (QED) is 0.459. The van der Waals surface area contributed by atoms with Crippen molar-refractivity contribution in [3.05, 3.63) is 89.5 Å². The number of oxazole rings is 1. The number of amides is 1. The van der Waals surface area contributed by atoms with Gasteiger partial charge < -0.3 is 9.73 Å². The lowest BCUT2D eigenvalue weighted by molar-refractivity contribution is -0.111. The minimum absolute atomic E-state index is 0.218. The number of hydrogen-bond acceptors (Lipinski definition) is 3. The topological polar surface area (TPSA) is 55.1 Å². The molecule has 1 amide bonds. The summed E-state index contributed by atoms with van der Waals surface area (Å²) in [5.74, 6) is 0.229. The molecule has 27 heavy (non-hydrogen) atoms. The van der Waals surface area contributed by atoms with E-state index in [0.717, 1.165) is 11.1 Å². The van der Waals surface area contributed by atoms with Crippen molar-refractivity contribution in [1.82, 2.24) is 4.98 Å². The summed E-state index contributed by atoms with van der Waals surface area (Å²) in [6, 6.07) is 22.3. The highest BCUT2D eigenvalue weighted by molar-refractivity contribution is 6.33. The summed E-state index contributed by atoms with van der Waals surface area (Å²) >= 11 is 6.21. The van der Waals surface area contributed by atoms with E-state index in [1.54, 1.807) is 30.3 Å². The lowest BCUT2D eigenvalue weighted by Crippen LogP contribution is -2.07. The summed E-state index contributed by atoms with van der Waals surface area (Å²) in [6.07, 6.45) is 3.26. The van der Waals surface area contributed by atoms with Crippen LogP contribution in [0.1, 0.15) is 5.56 Å². The van der Waals surface area contributed by atoms with Crippen LogP contribution in [0.2, 0.25) is 5.02 Å². The summed E-state index contributed by atoms with van der Waals surface area (Å²) in [5, 5.41) is 3.40. The zero-order valence-corrected chi connectivity index (χ0v) is 15.0. The molecule has 132 valence electrons. The second kappa shape index (κ2) is 7.48. The molecule has 4 rings (SSSR count). The summed E-state index contributed by atoms with van der Waals surface area (Å²) in [7, 11) is 0. The third-order valence-electron chi connectivity index (χ3n) is 3.99. The molecule has 0 radical (unpaired) electrons. The number of rotatable bonds is 4. The van der Waals surface area contributed by atoms with E-state index in [1.807, 2.05) is 48.5 Å². The van der Waals surface area contributed by atoms with Gasteiger partial charge in [0.25, 0.3) is 0 Å². The molecule has 0 spiro atoms. The normalized spacial score (nSPS) is 11.1. The van der Waals surface area contributed by atoms with Gasteiger partial charge in [0, 0.05) is 17.8 Å². The Labute approximate surface area is 161 Å². The molecule has 0 fully saturated rings. The number of carbonyl (C=O) groups excluding carboxylic acids is 1. The number of nitrogens with one attached hydrogen (secondary N) is 1. The second-order valence-corrected chi connectivity index (χ2v) is 6.32. The maximum Gasteiger partial charge on any atom is 0.248 e. The predicted molar refractivity (Wildman–Crippen MR) is 109 cm³/mol. The van der Waals surface area contributed by atoms with Crippen molar-refractivity contribution in [2.24, 2.45) is 0 Å². The number of carbonyl (C=O) groups is 1. The number of fused-ring (bicyclic) bond motifs is 1. The molecule has 0 saturated heterocycles. The smallest absolute Gasteiger partial charge is 0.248 e. The predicted octanol–water partition coefficient (Wildman–Crippen LogP) is 5.80. The molecule has 0 aliphatic carbocycles. The minimum Gasteiger partial charge on any atom is -0.436 e. The average molecular weight is 375 g/mol. The number of nitrogens with zero attached hydrogens (tertiary/aromatic N) is 1. The third-order valence-corrected chi connectivity index (χ3v) is 4.32. The highest BCUT2D eigenvalue weighted by Crippen LogP contribution is 2.30. The van der Waals surface area contributed by atoms with Gasteiger partial charge in [-0.05, 0) is 35.9 Å². The van der Waals surface area contributed by atoms with Crippen LogP contribution in [-0.4, -0.2) is 10.9 Å². The Morgan fingerprint density at radius 3 is 2.59 bits per heavy atom. The molecule has 0 aliphatic rings. The number of anilines is 1. The van der Waals surface area contributed by atoms with E-state index < -0.39 is 0 Å². The van der Waals surface area contributed by atoms with Crippen LogP contribution >= 0.6 is 11.6 Å². The molecule has 0 bridgehead atoms. The molecule has 4 aromatic rings. The molecule has 3 aromatic carbocycles. The van der Waals surface area contributed by atoms with Crippen molar-refractivity contribution in [2.75, 3.05) is 5.32 Å². The maximum atomic E-state index is 12.1. The van der Waals surface area contributed by atoms with Crippen LogP contribution in [0, 0.1) is 0 Å². The van der Waals surface area contributed by atoms with Gasteiger partial charge in [0.2, 0.25) is 11.8 Å². The van der Waals surface area contributed by atoms with Gasteiger partial charge in [-0.2, -0.15) is 0 Å². The first kappa shape index (κ1) is 17.1. The molecular weight excluding hydrogens is 360 g/mol. The fraction of sp³-hybridized carbons (Fsp3) is 0. The third kappa shape index (κ3) is 3.91. The Kier molecular flexibility index (Phi) is 4.73. The summed E-state index contributed by atoms with van der Waals surface area (Å²) in [5.41, 5.74) is 3.60. The van der Waals surface area contributed by atoms with Crippen LogP contribution in [0.3, 0.4) is 0 Å². The zero-order chi connectivity index (χ0) is 18.6. The van der Waals surface area contributed by atoms with Gasteiger partial charge in [0.05, 0.1) is 10.6 Å². The van der Waals surface area contributed by atoms with E-state index in [1.165, 1.54) is 6.08 Å². The van der Waals surface area contributed by atoms with Gasteiger partial charge in [0.1, 0.15) is 5.52 Å². The lowest BCUT2D eigenvalue weighted by atomic mass is 10.2. The van der Waals surface area contributed by atoms with Gasteiger partial charge in [0.15, 0.2) is 5.58 Å². The Morgan fingerprint density at radius 1 is 1.00 bits per heavy atom. The van der Waals surface area contributed by atoms with Crippen molar-refractivity contribution in [2.45, 2.75) is 0 Å². The van der Waals surface area contributed by atoms with E-state index in [4.69, 9.17) is 16.0 Å². The van der Waals surface area contributed by atoms with Gasteiger partial charge >= 0.3 is 0 Å². The van der Waals surface area contributed by atoms with Crippen molar-refractivity contribution < 1.29 is 9.21 Å². The monoisotopic (exact) mass is 374 g/mol. The van der Waals surface area contributed by atoms with E-state index in [9.17, 15) is 4.79 Å². The molecule has 0 aliphatic heterocycles. The molecule has 1 aromatic heterocycles. The molecule has 1 N–H and O–H groups in total. The van der Waals surface area contributed by atoms with Gasteiger partial charge in [-0.3, -0.25) is 4.79 Å². The first-order valence-electron chi connectivity index (χ1n) is 8.39. The molecule has 0 saturated carbocycles. The van der Waals surface area contributed by atoms with Crippen LogP contribution in [0.15, 0.2) is 83.3 Å². The molecule has 0 unspecified atom stereocenters. The van der Waals surface area contributed by atoms with Crippen molar-refractivity contribution in [3.8, 4) is 11.5 Å². The molecule has 5 heteroatoms. The van der Waals surface area contributed by atoms with Crippen LogP contribution in [0.5, 0.6) is 0 Å². The number of hydrogen-bond donors (Lipinski definition) is 1. The highest BCUT2D eigenvalue weighted by Gasteiger charge is 2.11. The van der Waals surface area contributed by atoms with Crippen molar-refractivity contribution >= 4 is 40.4 Å². The molecular formula is C22H15ClN2O2. The molecule has 1 heterocycles. The number of benzene rings is 3. The van der Waals surface area contributed by atoms with E-state index >= 15 is 0 Å². The molecule has 0 atom stereocenters. The van der Waals surface area contributed by atoms with E-state index in [0.29, 0.717) is 27.7 Å². The first-order chi connectivity index (χ1) is 13.2. The van der Waals surface area contributed by atoms with Crippen LogP contribution in [0.4, 0.5) is 5.69 Å². The standard InChI is InChI=1S/C22H15ClN2O2/c23-18-9-5-4-8-17(18)22-25-19-12-11-16(14-20(19)27-22)24-21(26)13-10-15-6-2-1-3-7-15/h1-14H,(H,24,26)/b13-10+. The first-order valence-corrected chi connectivity index (χ1v) is 8.76. The Morgan fingerprint density at radius 2 is 1.78 bits per heavy atom.